The van der Waals surface area contributed by atoms with Gasteiger partial charge in [-0.1, -0.05) is 41.9 Å². The van der Waals surface area contributed by atoms with Crippen molar-refractivity contribution in [1.29, 1.82) is 0 Å². The molecular weight excluding hydrogens is 356 g/mol. The van der Waals surface area contributed by atoms with E-state index in [1.807, 2.05) is 30.3 Å². The molecule has 2 aromatic carbocycles. The Hall–Kier alpha value is -2.57. The van der Waals surface area contributed by atoms with E-state index in [2.05, 4.69) is 10.6 Å². The number of carbonyl (C=O) groups excluding carboxylic acids is 1. The Kier molecular flexibility index (Phi) is 7.44. The number of carbonyl (C=O) groups is 2. The van der Waals surface area contributed by atoms with Gasteiger partial charge < -0.3 is 20.5 Å². The SMILES string of the molecule is COc1ccc(Cl)cc1NC(=O)CC(NCCc1ccccc1)C(=O)O. The molecule has 1 atom stereocenters. The van der Waals surface area contributed by atoms with Crippen LogP contribution in [0.2, 0.25) is 5.02 Å². The highest BCUT2D eigenvalue weighted by atomic mass is 35.5. The van der Waals surface area contributed by atoms with E-state index in [1.54, 1.807) is 18.2 Å². The van der Waals surface area contributed by atoms with E-state index in [4.69, 9.17) is 16.3 Å². The number of rotatable bonds is 9. The lowest BCUT2D eigenvalue weighted by atomic mass is 10.1. The number of carboxylic acid groups (broad SMARTS) is 1. The number of benzene rings is 2. The van der Waals surface area contributed by atoms with Crippen molar-refractivity contribution < 1.29 is 19.4 Å². The van der Waals surface area contributed by atoms with Crippen molar-refractivity contribution in [1.82, 2.24) is 5.32 Å². The second-order valence-corrected chi connectivity index (χ2v) is 6.11. The van der Waals surface area contributed by atoms with Crippen molar-refractivity contribution >= 4 is 29.2 Å². The molecule has 138 valence electrons. The van der Waals surface area contributed by atoms with E-state index < -0.39 is 17.9 Å². The van der Waals surface area contributed by atoms with Gasteiger partial charge in [0.05, 0.1) is 19.2 Å². The molecule has 1 unspecified atom stereocenters. The first kappa shape index (κ1) is 19.8. The van der Waals surface area contributed by atoms with Crippen LogP contribution in [0.1, 0.15) is 12.0 Å². The van der Waals surface area contributed by atoms with Crippen LogP contribution in [-0.4, -0.2) is 36.7 Å². The molecule has 1 amide bonds. The standard InChI is InChI=1S/C19H21ClN2O4/c1-26-17-8-7-14(20)11-15(17)22-18(23)12-16(19(24)25)21-10-9-13-5-3-2-4-6-13/h2-8,11,16,21H,9-10,12H2,1H3,(H,22,23)(H,24,25). The molecule has 3 N–H and O–H groups in total. The van der Waals surface area contributed by atoms with Crippen molar-refractivity contribution in [3.05, 3.63) is 59.1 Å². The van der Waals surface area contributed by atoms with E-state index in [0.717, 1.165) is 5.56 Å². The van der Waals surface area contributed by atoms with E-state index in [-0.39, 0.29) is 6.42 Å². The summed E-state index contributed by atoms with van der Waals surface area (Å²) in [5.41, 5.74) is 1.50. The summed E-state index contributed by atoms with van der Waals surface area (Å²) in [6.07, 6.45) is 0.466. The molecule has 6 nitrogen and oxygen atoms in total. The minimum atomic E-state index is -1.08. The maximum Gasteiger partial charge on any atom is 0.321 e. The Morgan fingerprint density at radius 3 is 2.58 bits per heavy atom. The van der Waals surface area contributed by atoms with Crippen molar-refractivity contribution in [2.75, 3.05) is 19.0 Å². The summed E-state index contributed by atoms with van der Waals surface area (Å²) in [5.74, 6) is -1.07. The Morgan fingerprint density at radius 1 is 1.19 bits per heavy atom. The highest BCUT2D eigenvalue weighted by Gasteiger charge is 2.21. The maximum atomic E-state index is 12.2. The number of carboxylic acids is 1. The molecule has 0 fully saturated rings. The van der Waals surface area contributed by atoms with E-state index in [9.17, 15) is 14.7 Å². The molecule has 0 spiro atoms. The summed E-state index contributed by atoms with van der Waals surface area (Å²) in [4.78, 5) is 23.6. The van der Waals surface area contributed by atoms with Gasteiger partial charge in [-0.05, 0) is 36.7 Å². The van der Waals surface area contributed by atoms with Crippen molar-refractivity contribution in [2.45, 2.75) is 18.9 Å². The van der Waals surface area contributed by atoms with Crippen LogP contribution < -0.4 is 15.4 Å². The average molecular weight is 377 g/mol. The Bertz CT molecular complexity index is 752. The predicted octanol–water partition coefficient (Wildman–Crippen LogP) is 2.96. The highest BCUT2D eigenvalue weighted by molar-refractivity contribution is 6.31. The fourth-order valence-electron chi connectivity index (χ4n) is 2.45. The van der Waals surface area contributed by atoms with Crippen LogP contribution in [-0.2, 0) is 16.0 Å². The molecule has 0 aliphatic heterocycles. The first-order valence-corrected chi connectivity index (χ1v) is 8.51. The fourth-order valence-corrected chi connectivity index (χ4v) is 2.62. The third kappa shape index (κ3) is 6.06. The Labute approximate surface area is 157 Å². The van der Waals surface area contributed by atoms with E-state index in [1.165, 1.54) is 7.11 Å². The number of anilines is 1. The monoisotopic (exact) mass is 376 g/mol. The van der Waals surface area contributed by atoms with Crippen molar-refractivity contribution in [3.8, 4) is 5.75 Å². The summed E-state index contributed by atoms with van der Waals surface area (Å²) in [6.45, 7) is 0.453. The number of nitrogens with one attached hydrogen (secondary N) is 2. The zero-order valence-electron chi connectivity index (χ0n) is 14.4. The molecule has 0 heterocycles. The molecular formula is C19H21ClN2O4. The molecule has 0 radical (unpaired) electrons. The lowest BCUT2D eigenvalue weighted by Gasteiger charge is -2.15. The quantitative estimate of drug-likeness (QED) is 0.626. The molecule has 26 heavy (non-hydrogen) atoms. The van der Waals surface area contributed by atoms with Crippen molar-refractivity contribution in [3.63, 3.8) is 0 Å². The average Bonchev–Trinajstić information content (AvgIpc) is 2.62. The van der Waals surface area contributed by atoms with Gasteiger partial charge in [0.15, 0.2) is 0 Å². The number of halogens is 1. The predicted molar refractivity (Wildman–Crippen MR) is 101 cm³/mol. The van der Waals surface area contributed by atoms with Crippen LogP contribution in [0.3, 0.4) is 0 Å². The van der Waals surface area contributed by atoms with Gasteiger partial charge in [-0.3, -0.25) is 9.59 Å². The van der Waals surface area contributed by atoms with Gasteiger partial charge in [-0.15, -0.1) is 0 Å². The minimum absolute atomic E-state index is 0.209. The van der Waals surface area contributed by atoms with Gasteiger partial charge in [0.1, 0.15) is 11.8 Å². The van der Waals surface area contributed by atoms with Crippen molar-refractivity contribution in [2.24, 2.45) is 0 Å². The number of hydrogen-bond acceptors (Lipinski definition) is 4. The van der Waals surface area contributed by atoms with Crippen LogP contribution in [0.15, 0.2) is 48.5 Å². The number of methoxy groups -OCH3 is 1. The third-order valence-electron chi connectivity index (χ3n) is 3.77. The summed E-state index contributed by atoms with van der Waals surface area (Å²) in [6, 6.07) is 13.6. The zero-order chi connectivity index (χ0) is 18.9. The number of amides is 1. The topological polar surface area (TPSA) is 87.7 Å². The lowest BCUT2D eigenvalue weighted by molar-refractivity contribution is -0.141. The summed E-state index contributed by atoms with van der Waals surface area (Å²) < 4.78 is 5.16. The zero-order valence-corrected chi connectivity index (χ0v) is 15.1. The molecule has 7 heteroatoms. The second-order valence-electron chi connectivity index (χ2n) is 5.68. The van der Waals surface area contributed by atoms with Crippen LogP contribution >= 0.6 is 11.6 Å². The van der Waals surface area contributed by atoms with Gasteiger partial charge in [0.2, 0.25) is 5.91 Å². The summed E-state index contributed by atoms with van der Waals surface area (Å²) in [7, 11) is 1.48. The van der Waals surface area contributed by atoms with Crippen LogP contribution in [0.5, 0.6) is 5.75 Å². The fraction of sp³-hybridized carbons (Fsp3) is 0.263. The molecule has 0 saturated carbocycles. The smallest absolute Gasteiger partial charge is 0.321 e. The maximum absolute atomic E-state index is 12.2. The summed E-state index contributed by atoms with van der Waals surface area (Å²) >= 11 is 5.93. The number of hydrogen-bond donors (Lipinski definition) is 3. The van der Waals surface area contributed by atoms with Gasteiger partial charge in [-0.2, -0.15) is 0 Å². The van der Waals surface area contributed by atoms with E-state index in [0.29, 0.717) is 29.4 Å². The van der Waals surface area contributed by atoms with E-state index >= 15 is 0 Å². The second kappa shape index (κ2) is 9.79. The molecule has 0 saturated heterocycles. The molecule has 0 bridgehead atoms. The lowest BCUT2D eigenvalue weighted by Crippen LogP contribution is -2.40. The van der Waals surface area contributed by atoms with Gasteiger partial charge in [0.25, 0.3) is 0 Å². The number of aliphatic carboxylic acids is 1. The normalized spacial score (nSPS) is 11.6. The van der Waals surface area contributed by atoms with Crippen LogP contribution in [0.4, 0.5) is 5.69 Å². The van der Waals surface area contributed by atoms with Crippen LogP contribution in [0.25, 0.3) is 0 Å². The third-order valence-corrected chi connectivity index (χ3v) is 4.01. The Balaban J connectivity index is 1.91. The largest absolute Gasteiger partial charge is 0.495 e. The number of ether oxygens (including phenoxy) is 1. The van der Waals surface area contributed by atoms with Gasteiger partial charge >= 0.3 is 5.97 Å². The molecule has 2 rings (SSSR count). The molecule has 0 aromatic heterocycles. The summed E-state index contributed by atoms with van der Waals surface area (Å²) in [5, 5.41) is 15.3. The first-order chi connectivity index (χ1) is 12.5. The van der Waals surface area contributed by atoms with Gasteiger partial charge in [0, 0.05) is 5.02 Å². The first-order valence-electron chi connectivity index (χ1n) is 8.13. The highest BCUT2D eigenvalue weighted by Crippen LogP contribution is 2.27. The molecule has 2 aromatic rings. The molecule has 0 aliphatic rings. The molecule has 0 aliphatic carbocycles. The Morgan fingerprint density at radius 2 is 1.92 bits per heavy atom. The van der Waals surface area contributed by atoms with Gasteiger partial charge in [-0.25, -0.2) is 0 Å². The van der Waals surface area contributed by atoms with Crippen LogP contribution in [0, 0.1) is 0 Å². The minimum Gasteiger partial charge on any atom is -0.495 e.